The maximum absolute atomic E-state index is 14.3. The smallest absolute Gasteiger partial charge is 0.267 e. The number of rotatable bonds is 11. The van der Waals surface area contributed by atoms with Gasteiger partial charge in [-0.15, -0.1) is 16.4 Å². The summed E-state index contributed by atoms with van der Waals surface area (Å²) in [7, 11) is 5.37. The van der Waals surface area contributed by atoms with Crippen molar-refractivity contribution in [1.29, 1.82) is 0 Å². The predicted octanol–water partition coefficient (Wildman–Crippen LogP) is 3.83. The molecule has 284 valence electrons. The number of methoxy groups -OCH3 is 1. The van der Waals surface area contributed by atoms with Gasteiger partial charge < -0.3 is 24.8 Å². The van der Waals surface area contributed by atoms with E-state index in [-0.39, 0.29) is 41.3 Å². The number of ether oxygens (including phenoxy) is 1. The van der Waals surface area contributed by atoms with E-state index in [0.29, 0.717) is 59.7 Å². The Morgan fingerprint density at radius 2 is 1.76 bits per heavy atom. The second-order valence-corrected chi connectivity index (χ2v) is 15.8. The average Bonchev–Trinajstić information content (AvgIpc) is 3.77. The number of fused-ring (bicyclic) bond motifs is 1. The molecule has 0 radical (unpaired) electrons. The second kappa shape index (κ2) is 15.9. The molecule has 1 fully saturated rings. The van der Waals surface area contributed by atoms with Crippen LogP contribution < -0.4 is 20.5 Å². The van der Waals surface area contributed by atoms with Crippen molar-refractivity contribution in [2.75, 3.05) is 51.1 Å². The van der Waals surface area contributed by atoms with Gasteiger partial charge in [0.15, 0.2) is 11.0 Å². The number of piperazine rings is 1. The number of hydrogen-bond acceptors (Lipinski definition) is 12. The molecule has 0 spiro atoms. The highest BCUT2D eigenvalue weighted by molar-refractivity contribution is 7.14. The van der Waals surface area contributed by atoms with Crippen LogP contribution in [-0.2, 0) is 28.0 Å². The number of benzene rings is 1. The summed E-state index contributed by atoms with van der Waals surface area (Å²) in [4.78, 5) is 56.1. The number of aromatic nitrogens is 7. The fraction of sp³-hybridized carbons (Fsp3) is 0.421. The summed E-state index contributed by atoms with van der Waals surface area (Å²) in [5.41, 5.74) is 2.91. The average molecular weight is 754 g/mol. The summed E-state index contributed by atoms with van der Waals surface area (Å²) in [6, 6.07) is 10.9. The van der Waals surface area contributed by atoms with Crippen LogP contribution in [0.2, 0.25) is 0 Å². The Hall–Kier alpha value is -5.48. The van der Waals surface area contributed by atoms with Crippen LogP contribution in [-0.4, -0.2) is 109 Å². The van der Waals surface area contributed by atoms with E-state index in [1.165, 1.54) is 15.7 Å². The fourth-order valence-electron chi connectivity index (χ4n) is 6.55. The van der Waals surface area contributed by atoms with Gasteiger partial charge in [0.1, 0.15) is 17.2 Å². The lowest BCUT2D eigenvalue weighted by Crippen LogP contribution is -2.60. The number of hydrogen-bond donors (Lipinski definition) is 1. The van der Waals surface area contributed by atoms with Crippen LogP contribution in [0.15, 0.2) is 52.8 Å². The molecule has 2 amide bonds. The Morgan fingerprint density at radius 1 is 1.04 bits per heavy atom. The number of pyridine rings is 1. The van der Waals surface area contributed by atoms with Crippen LogP contribution >= 0.6 is 11.3 Å². The molecule has 1 saturated heterocycles. The van der Waals surface area contributed by atoms with E-state index in [4.69, 9.17) is 9.72 Å². The highest BCUT2D eigenvalue weighted by Gasteiger charge is 2.34. The molecule has 1 aliphatic heterocycles. The third kappa shape index (κ3) is 8.66. The van der Waals surface area contributed by atoms with E-state index < -0.39 is 0 Å². The molecule has 1 aromatic carbocycles. The SMILES string of the molecule is COc1ccc(Cn2nnnc2/C=C/c2c(N3C[C@@H](C)N(C(=O)CN(C)C)[C@@H](C)C3)nc3cc(CC(=O)Nc4nc(C(C)(C)C)cs4)ccn3c2=O)cc1. The van der Waals surface area contributed by atoms with Gasteiger partial charge in [-0.2, -0.15) is 0 Å². The van der Waals surface area contributed by atoms with Crippen molar-refractivity contribution in [2.45, 2.75) is 65.1 Å². The lowest BCUT2D eigenvalue weighted by Gasteiger charge is -2.45. The zero-order chi connectivity index (χ0) is 38.7. The molecular weight excluding hydrogens is 707 g/mol. The van der Waals surface area contributed by atoms with E-state index in [1.54, 1.807) is 42.3 Å². The molecule has 5 aromatic rings. The van der Waals surface area contributed by atoms with Crippen molar-refractivity contribution < 1.29 is 14.3 Å². The maximum atomic E-state index is 14.3. The third-order valence-electron chi connectivity index (χ3n) is 9.20. The number of thiazole rings is 1. The zero-order valence-corrected chi connectivity index (χ0v) is 32.8. The molecule has 54 heavy (non-hydrogen) atoms. The van der Waals surface area contributed by atoms with Gasteiger partial charge >= 0.3 is 0 Å². The van der Waals surface area contributed by atoms with Gasteiger partial charge in [-0.1, -0.05) is 32.9 Å². The first kappa shape index (κ1) is 38.3. The predicted molar refractivity (Wildman–Crippen MR) is 210 cm³/mol. The molecule has 15 nitrogen and oxygen atoms in total. The van der Waals surface area contributed by atoms with Gasteiger partial charge in [-0.3, -0.25) is 18.8 Å². The highest BCUT2D eigenvalue weighted by Crippen LogP contribution is 2.28. The van der Waals surface area contributed by atoms with E-state index in [2.05, 4.69) is 51.5 Å². The van der Waals surface area contributed by atoms with Crippen LogP contribution in [0.25, 0.3) is 17.8 Å². The normalized spacial score (nSPS) is 16.5. The standard InChI is InChI=1S/C38H47N11O4S/c1-24-19-46(20-25(2)49(24)34(51)22-45(6)7)35-29(13-14-31-42-43-44-48(31)21-26-9-11-28(53-8)12-10-26)36(52)47-16-15-27(17-32(47)40-35)18-33(50)41-37-39-30(23-54-37)38(3,4)5/h9-17,23-25H,18-22H2,1-8H3,(H,39,41,50)/b14-13+/t24-,25+. The number of tetrazole rings is 1. The number of carbonyl (C=O) groups excluding carboxylic acids is 2. The highest BCUT2D eigenvalue weighted by atomic mass is 32.1. The van der Waals surface area contributed by atoms with Gasteiger partial charge in [0.2, 0.25) is 11.8 Å². The molecule has 0 bridgehead atoms. The molecule has 0 unspecified atom stereocenters. The van der Waals surface area contributed by atoms with Gasteiger partial charge in [-0.25, -0.2) is 14.6 Å². The first-order valence-electron chi connectivity index (χ1n) is 17.8. The topological polar surface area (TPSA) is 156 Å². The largest absolute Gasteiger partial charge is 0.497 e. The molecule has 0 aliphatic carbocycles. The summed E-state index contributed by atoms with van der Waals surface area (Å²) in [6.07, 6.45) is 5.13. The summed E-state index contributed by atoms with van der Waals surface area (Å²) in [5, 5.41) is 17.7. The second-order valence-electron chi connectivity index (χ2n) is 14.9. The zero-order valence-electron chi connectivity index (χ0n) is 32.0. The lowest BCUT2D eigenvalue weighted by molar-refractivity contribution is -0.136. The van der Waals surface area contributed by atoms with E-state index in [1.807, 2.05) is 67.4 Å². The van der Waals surface area contributed by atoms with Crippen molar-refractivity contribution in [3.8, 4) is 5.75 Å². The number of carbonyl (C=O) groups is 2. The minimum absolute atomic E-state index is 0.0466. The van der Waals surface area contributed by atoms with Crippen LogP contribution in [0, 0.1) is 0 Å². The fourth-order valence-corrected chi connectivity index (χ4v) is 7.50. The maximum Gasteiger partial charge on any atom is 0.267 e. The number of nitrogens with one attached hydrogen (secondary N) is 1. The number of amides is 2. The Bertz CT molecular complexity index is 2210. The van der Waals surface area contributed by atoms with E-state index in [0.717, 1.165) is 17.0 Å². The molecule has 1 N–H and O–H groups in total. The Morgan fingerprint density at radius 3 is 2.41 bits per heavy atom. The van der Waals surface area contributed by atoms with Gasteiger partial charge in [0.05, 0.1) is 37.9 Å². The lowest BCUT2D eigenvalue weighted by atomic mass is 9.93. The molecular formula is C38H47N11O4S. The Balaban J connectivity index is 1.33. The van der Waals surface area contributed by atoms with E-state index >= 15 is 0 Å². The first-order chi connectivity index (χ1) is 25.7. The van der Waals surface area contributed by atoms with Gasteiger partial charge in [0.25, 0.3) is 5.56 Å². The number of anilines is 2. The minimum Gasteiger partial charge on any atom is -0.497 e. The first-order valence-corrected chi connectivity index (χ1v) is 18.7. The van der Waals surface area contributed by atoms with Crippen molar-refractivity contribution in [3.05, 3.63) is 86.5 Å². The molecule has 5 heterocycles. The monoisotopic (exact) mass is 753 g/mol. The van der Waals surface area contributed by atoms with Crippen molar-refractivity contribution in [1.82, 2.24) is 44.4 Å². The summed E-state index contributed by atoms with van der Waals surface area (Å²) < 4.78 is 8.41. The van der Waals surface area contributed by atoms with Gasteiger partial charge in [-0.05, 0) is 85.9 Å². The van der Waals surface area contributed by atoms with Crippen LogP contribution in [0.1, 0.15) is 62.8 Å². The minimum atomic E-state index is -0.291. The molecule has 2 atom stereocenters. The Labute approximate surface area is 318 Å². The summed E-state index contributed by atoms with van der Waals surface area (Å²) in [5.74, 6) is 1.51. The Kier molecular flexibility index (Phi) is 11.2. The molecule has 16 heteroatoms. The molecule has 1 aliphatic rings. The van der Waals surface area contributed by atoms with Gasteiger partial charge in [0, 0.05) is 42.2 Å². The number of nitrogens with zero attached hydrogens (tertiary/aromatic N) is 10. The molecule has 0 saturated carbocycles. The summed E-state index contributed by atoms with van der Waals surface area (Å²) in [6.45, 7) is 11.9. The van der Waals surface area contributed by atoms with Crippen LogP contribution in [0.5, 0.6) is 5.75 Å². The van der Waals surface area contributed by atoms with Crippen LogP contribution in [0.3, 0.4) is 0 Å². The quantitative estimate of drug-likeness (QED) is 0.209. The number of likely N-dealkylation sites (N-methyl/N-ethyl adjacent to an activating group) is 1. The molecule has 6 rings (SSSR count). The molecule has 4 aromatic heterocycles. The van der Waals surface area contributed by atoms with Crippen molar-refractivity contribution in [3.63, 3.8) is 0 Å². The van der Waals surface area contributed by atoms with E-state index in [9.17, 15) is 14.4 Å². The van der Waals surface area contributed by atoms with Crippen molar-refractivity contribution in [2.24, 2.45) is 0 Å². The van der Waals surface area contributed by atoms with Crippen LogP contribution in [0.4, 0.5) is 10.9 Å². The summed E-state index contributed by atoms with van der Waals surface area (Å²) >= 11 is 1.39. The third-order valence-corrected chi connectivity index (χ3v) is 9.96. The van der Waals surface area contributed by atoms with Crippen molar-refractivity contribution >= 4 is 51.9 Å².